The molecular weight excluding hydrogens is 138 g/mol. The van der Waals surface area contributed by atoms with Gasteiger partial charge in [0.1, 0.15) is 6.23 Å². The van der Waals surface area contributed by atoms with Gasteiger partial charge in [0, 0.05) is 0 Å². The van der Waals surface area contributed by atoms with E-state index in [1.165, 1.54) is 5.56 Å². The number of aliphatic hydroxyl groups is 1. The van der Waals surface area contributed by atoms with Crippen molar-refractivity contribution < 1.29 is 5.11 Å². The monoisotopic (exact) mass is 151 g/mol. The summed E-state index contributed by atoms with van der Waals surface area (Å²) in [5.41, 5.74) is 7.28. The van der Waals surface area contributed by atoms with Gasteiger partial charge in [-0.25, -0.2) is 0 Å². The van der Waals surface area contributed by atoms with E-state index in [0.717, 1.165) is 12.0 Å². The molecule has 0 spiro atoms. The molecule has 3 N–H and O–H groups in total. The highest BCUT2D eigenvalue weighted by Crippen LogP contribution is 2.10. The van der Waals surface area contributed by atoms with Crippen LogP contribution < -0.4 is 5.73 Å². The first-order valence-corrected chi connectivity index (χ1v) is 3.76. The summed E-state index contributed by atoms with van der Waals surface area (Å²) in [5.74, 6) is 0. The Morgan fingerprint density at radius 2 is 2.27 bits per heavy atom. The Morgan fingerprint density at radius 1 is 1.55 bits per heavy atom. The van der Waals surface area contributed by atoms with Gasteiger partial charge >= 0.3 is 0 Å². The predicted molar refractivity (Wildman–Crippen MR) is 45.0 cm³/mol. The number of aryl methyl sites for hydroxylation is 1. The van der Waals surface area contributed by atoms with Crippen LogP contribution in [0.2, 0.25) is 0 Å². The van der Waals surface area contributed by atoms with Crippen LogP contribution in [0.25, 0.3) is 0 Å². The Labute approximate surface area is 66.7 Å². The average Bonchev–Trinajstić information content (AvgIpc) is 2.05. The van der Waals surface area contributed by atoms with Crippen molar-refractivity contribution in [1.29, 1.82) is 0 Å². The molecule has 0 aromatic heterocycles. The second kappa shape index (κ2) is 3.51. The summed E-state index contributed by atoms with van der Waals surface area (Å²) in [6.45, 7) is 2.07. The molecule has 0 bridgehead atoms. The lowest BCUT2D eigenvalue weighted by Gasteiger charge is -2.05. The highest BCUT2D eigenvalue weighted by atomic mass is 16.3. The Morgan fingerprint density at radius 3 is 2.82 bits per heavy atom. The number of aliphatic hydroxyl groups excluding tert-OH is 1. The molecule has 0 saturated carbocycles. The molecular formula is C9H13NO. The van der Waals surface area contributed by atoms with Gasteiger partial charge in [-0.1, -0.05) is 31.2 Å². The first kappa shape index (κ1) is 8.24. The summed E-state index contributed by atoms with van der Waals surface area (Å²) in [7, 11) is 0. The molecule has 0 aliphatic rings. The largest absolute Gasteiger partial charge is 0.375 e. The first-order valence-electron chi connectivity index (χ1n) is 3.76. The van der Waals surface area contributed by atoms with Crippen LogP contribution in [0.5, 0.6) is 0 Å². The average molecular weight is 151 g/mol. The third-order valence-corrected chi connectivity index (χ3v) is 1.70. The lowest BCUT2D eigenvalue weighted by molar-refractivity contribution is 0.186. The fourth-order valence-corrected chi connectivity index (χ4v) is 0.997. The van der Waals surface area contributed by atoms with Gasteiger partial charge in [0.05, 0.1) is 0 Å². The van der Waals surface area contributed by atoms with E-state index in [2.05, 4.69) is 6.92 Å². The zero-order valence-corrected chi connectivity index (χ0v) is 6.62. The van der Waals surface area contributed by atoms with Crippen molar-refractivity contribution in [3.05, 3.63) is 35.4 Å². The van der Waals surface area contributed by atoms with Crippen LogP contribution >= 0.6 is 0 Å². The maximum atomic E-state index is 9.02. The molecule has 0 heterocycles. The summed E-state index contributed by atoms with van der Waals surface area (Å²) >= 11 is 0. The standard InChI is InChI=1S/C9H13NO/c1-2-7-4-3-5-8(6-7)9(10)11/h3-6,9,11H,2,10H2,1H3. The SMILES string of the molecule is CCc1cccc(C(N)O)c1. The Bertz CT molecular complexity index is 233. The fourth-order valence-electron chi connectivity index (χ4n) is 0.997. The number of hydrogen-bond acceptors (Lipinski definition) is 2. The fraction of sp³-hybridized carbons (Fsp3) is 0.333. The molecule has 0 aliphatic heterocycles. The minimum atomic E-state index is -0.846. The van der Waals surface area contributed by atoms with Crippen molar-refractivity contribution in [1.82, 2.24) is 0 Å². The van der Waals surface area contributed by atoms with Crippen molar-refractivity contribution in [2.45, 2.75) is 19.6 Å². The van der Waals surface area contributed by atoms with E-state index in [0.29, 0.717) is 0 Å². The normalized spacial score (nSPS) is 13.0. The molecule has 2 heteroatoms. The van der Waals surface area contributed by atoms with Crippen molar-refractivity contribution in [2.75, 3.05) is 0 Å². The molecule has 0 aliphatic carbocycles. The number of hydrogen-bond donors (Lipinski definition) is 2. The van der Waals surface area contributed by atoms with E-state index < -0.39 is 6.23 Å². The minimum Gasteiger partial charge on any atom is -0.375 e. The van der Waals surface area contributed by atoms with E-state index in [-0.39, 0.29) is 0 Å². The van der Waals surface area contributed by atoms with Gasteiger partial charge in [-0.05, 0) is 17.5 Å². The highest BCUT2D eigenvalue weighted by Gasteiger charge is 1.99. The molecule has 11 heavy (non-hydrogen) atoms. The zero-order valence-electron chi connectivity index (χ0n) is 6.62. The van der Waals surface area contributed by atoms with Gasteiger partial charge in [0.2, 0.25) is 0 Å². The van der Waals surface area contributed by atoms with Crippen LogP contribution in [-0.2, 0) is 6.42 Å². The first-order chi connectivity index (χ1) is 5.24. The predicted octanol–water partition coefficient (Wildman–Crippen LogP) is 1.20. The van der Waals surface area contributed by atoms with Crippen LogP contribution in [-0.4, -0.2) is 5.11 Å². The number of benzene rings is 1. The quantitative estimate of drug-likeness (QED) is 0.624. The van der Waals surface area contributed by atoms with E-state index in [9.17, 15) is 0 Å². The smallest absolute Gasteiger partial charge is 0.128 e. The lowest BCUT2D eigenvalue weighted by atomic mass is 10.1. The molecule has 0 radical (unpaired) electrons. The van der Waals surface area contributed by atoms with Crippen molar-refractivity contribution in [3.63, 3.8) is 0 Å². The molecule has 1 aromatic carbocycles. The van der Waals surface area contributed by atoms with Crippen LogP contribution in [0.3, 0.4) is 0 Å². The summed E-state index contributed by atoms with van der Waals surface area (Å²) in [6, 6.07) is 7.67. The Balaban J connectivity index is 2.91. The maximum Gasteiger partial charge on any atom is 0.128 e. The molecule has 1 aromatic rings. The van der Waals surface area contributed by atoms with Gasteiger partial charge in [-0.2, -0.15) is 0 Å². The van der Waals surface area contributed by atoms with Crippen LogP contribution in [0.1, 0.15) is 24.3 Å². The number of rotatable bonds is 2. The Hall–Kier alpha value is -0.860. The molecule has 60 valence electrons. The van der Waals surface area contributed by atoms with Crippen LogP contribution in [0, 0.1) is 0 Å². The molecule has 0 saturated heterocycles. The van der Waals surface area contributed by atoms with E-state index in [4.69, 9.17) is 10.8 Å². The maximum absolute atomic E-state index is 9.02. The molecule has 1 rings (SSSR count). The third kappa shape index (κ3) is 2.03. The van der Waals surface area contributed by atoms with E-state index >= 15 is 0 Å². The zero-order chi connectivity index (χ0) is 8.27. The molecule has 0 fully saturated rings. The second-order valence-electron chi connectivity index (χ2n) is 2.54. The van der Waals surface area contributed by atoms with E-state index in [1.807, 2.05) is 24.3 Å². The summed E-state index contributed by atoms with van der Waals surface area (Å²) in [5, 5.41) is 9.02. The topological polar surface area (TPSA) is 46.2 Å². The van der Waals surface area contributed by atoms with Crippen LogP contribution in [0.15, 0.2) is 24.3 Å². The molecule has 1 atom stereocenters. The Kier molecular flexibility index (Phi) is 2.63. The van der Waals surface area contributed by atoms with E-state index in [1.54, 1.807) is 0 Å². The number of nitrogens with two attached hydrogens (primary N) is 1. The highest BCUT2D eigenvalue weighted by molar-refractivity contribution is 5.24. The van der Waals surface area contributed by atoms with Gasteiger partial charge < -0.3 is 10.8 Å². The van der Waals surface area contributed by atoms with Crippen molar-refractivity contribution in [2.24, 2.45) is 5.73 Å². The molecule has 1 unspecified atom stereocenters. The van der Waals surface area contributed by atoms with Gasteiger partial charge in [-0.3, -0.25) is 0 Å². The third-order valence-electron chi connectivity index (χ3n) is 1.70. The van der Waals surface area contributed by atoms with Crippen LogP contribution in [0.4, 0.5) is 0 Å². The summed E-state index contributed by atoms with van der Waals surface area (Å²) in [6.07, 6.45) is 0.127. The van der Waals surface area contributed by atoms with Crippen molar-refractivity contribution >= 4 is 0 Å². The summed E-state index contributed by atoms with van der Waals surface area (Å²) in [4.78, 5) is 0. The van der Waals surface area contributed by atoms with Crippen molar-refractivity contribution in [3.8, 4) is 0 Å². The van der Waals surface area contributed by atoms with Gasteiger partial charge in [-0.15, -0.1) is 0 Å². The molecule has 0 amide bonds. The lowest BCUT2D eigenvalue weighted by Crippen LogP contribution is -2.08. The van der Waals surface area contributed by atoms with Gasteiger partial charge in [0.15, 0.2) is 0 Å². The molecule has 2 nitrogen and oxygen atoms in total. The minimum absolute atomic E-state index is 0.782. The second-order valence-corrected chi connectivity index (χ2v) is 2.54. The summed E-state index contributed by atoms with van der Waals surface area (Å²) < 4.78 is 0. The van der Waals surface area contributed by atoms with Gasteiger partial charge in [0.25, 0.3) is 0 Å².